The van der Waals surface area contributed by atoms with E-state index in [0.29, 0.717) is 18.9 Å². The molecule has 9 heteroatoms. The molecule has 0 unspecified atom stereocenters. The van der Waals surface area contributed by atoms with Gasteiger partial charge in [0.1, 0.15) is 24.7 Å². The second kappa shape index (κ2) is 6.61. The third-order valence-corrected chi connectivity index (χ3v) is 3.34. The highest BCUT2D eigenvalue weighted by atomic mass is 19.1. The standard InChI is InChI=1S/C14H14FN3O5/c15-9-23-11-3-1-10(2-4-11)7-21-12-5-17-6-13(18(19)20)16-14(17)22-8-12/h1-4,6,12H,5,7-9H2/t12-/m0/s1. The molecule has 2 heterocycles. The van der Waals surface area contributed by atoms with Crippen LogP contribution in [0, 0.1) is 10.1 Å². The van der Waals surface area contributed by atoms with Crippen molar-refractivity contribution in [1.82, 2.24) is 9.55 Å². The number of alkyl halides is 1. The van der Waals surface area contributed by atoms with Gasteiger partial charge in [-0.1, -0.05) is 12.1 Å². The lowest BCUT2D eigenvalue weighted by atomic mass is 10.2. The lowest BCUT2D eigenvalue weighted by molar-refractivity contribution is -0.389. The summed E-state index contributed by atoms with van der Waals surface area (Å²) in [5.41, 5.74) is 0.901. The quantitative estimate of drug-likeness (QED) is 0.597. The molecule has 0 saturated heterocycles. The number of hydrogen-bond donors (Lipinski definition) is 0. The third kappa shape index (κ3) is 3.57. The largest absolute Gasteiger partial charge is 0.463 e. The minimum atomic E-state index is -0.866. The molecule has 23 heavy (non-hydrogen) atoms. The van der Waals surface area contributed by atoms with E-state index < -0.39 is 11.8 Å². The van der Waals surface area contributed by atoms with E-state index in [-0.39, 0.29) is 24.5 Å². The zero-order valence-electron chi connectivity index (χ0n) is 12.1. The van der Waals surface area contributed by atoms with Gasteiger partial charge in [0, 0.05) is 4.98 Å². The van der Waals surface area contributed by atoms with Crippen molar-refractivity contribution in [2.75, 3.05) is 13.5 Å². The average Bonchev–Trinajstić information content (AvgIpc) is 2.98. The summed E-state index contributed by atoms with van der Waals surface area (Å²) in [6.45, 7) is 0.182. The molecule has 1 aliphatic rings. The molecule has 0 saturated carbocycles. The Morgan fingerprint density at radius 3 is 2.91 bits per heavy atom. The molecule has 0 amide bonds. The van der Waals surface area contributed by atoms with Gasteiger partial charge in [-0.05, 0) is 22.6 Å². The minimum absolute atomic E-state index is 0.226. The molecule has 1 aliphatic heterocycles. The summed E-state index contributed by atoms with van der Waals surface area (Å²) in [4.78, 5) is 13.9. The molecule has 1 aromatic carbocycles. The summed E-state index contributed by atoms with van der Waals surface area (Å²) in [6, 6.07) is 7.11. The fourth-order valence-electron chi connectivity index (χ4n) is 2.22. The van der Waals surface area contributed by atoms with Crippen LogP contribution in [0.5, 0.6) is 11.8 Å². The lowest BCUT2D eigenvalue weighted by Gasteiger charge is -2.22. The number of benzene rings is 1. The second-order valence-electron chi connectivity index (χ2n) is 4.93. The van der Waals surface area contributed by atoms with E-state index in [9.17, 15) is 14.5 Å². The Balaban J connectivity index is 1.56. The van der Waals surface area contributed by atoms with Gasteiger partial charge in [-0.15, -0.1) is 0 Å². The first-order chi connectivity index (χ1) is 11.2. The van der Waals surface area contributed by atoms with E-state index in [1.54, 1.807) is 28.8 Å². The molecule has 1 atom stereocenters. The Bertz CT molecular complexity index is 688. The minimum Gasteiger partial charge on any atom is -0.463 e. The van der Waals surface area contributed by atoms with Crippen molar-refractivity contribution < 1.29 is 23.5 Å². The summed E-state index contributed by atoms with van der Waals surface area (Å²) in [5.74, 6) is 0.205. The molecule has 8 nitrogen and oxygen atoms in total. The van der Waals surface area contributed by atoms with Gasteiger partial charge in [0.25, 0.3) is 0 Å². The maximum atomic E-state index is 12.0. The molecule has 122 valence electrons. The van der Waals surface area contributed by atoms with E-state index in [1.165, 1.54) is 6.20 Å². The molecule has 0 N–H and O–H groups in total. The number of rotatable bonds is 6. The predicted molar refractivity (Wildman–Crippen MR) is 76.0 cm³/mol. The van der Waals surface area contributed by atoms with Crippen LogP contribution in [0.4, 0.5) is 10.2 Å². The van der Waals surface area contributed by atoms with E-state index >= 15 is 0 Å². The van der Waals surface area contributed by atoms with Crippen molar-refractivity contribution in [3.05, 3.63) is 46.1 Å². The van der Waals surface area contributed by atoms with Crippen LogP contribution in [0.2, 0.25) is 0 Å². The number of nitrogens with zero attached hydrogens (tertiary/aromatic N) is 3. The smallest absolute Gasteiger partial charge is 0.414 e. The number of ether oxygens (including phenoxy) is 3. The molecule has 1 aromatic heterocycles. The first kappa shape index (κ1) is 15.2. The number of nitro groups is 1. The fraction of sp³-hybridized carbons (Fsp3) is 0.357. The summed E-state index contributed by atoms with van der Waals surface area (Å²) >= 11 is 0. The number of halogens is 1. The van der Waals surface area contributed by atoms with Crippen LogP contribution in [0.25, 0.3) is 0 Å². The van der Waals surface area contributed by atoms with Crippen molar-refractivity contribution in [3.8, 4) is 11.8 Å². The normalized spacial score (nSPS) is 16.5. The summed E-state index contributed by atoms with van der Waals surface area (Å²) in [6.07, 6.45) is 1.09. The van der Waals surface area contributed by atoms with Crippen molar-refractivity contribution in [2.45, 2.75) is 19.3 Å². The Hall–Kier alpha value is -2.68. The molecular weight excluding hydrogens is 309 g/mol. The first-order valence-corrected chi connectivity index (χ1v) is 6.89. The van der Waals surface area contributed by atoms with Crippen LogP contribution >= 0.6 is 0 Å². The summed E-state index contributed by atoms with van der Waals surface area (Å²) < 4.78 is 29.4. The van der Waals surface area contributed by atoms with Gasteiger partial charge in [0.05, 0.1) is 13.2 Å². The molecule has 0 bridgehead atoms. The fourth-order valence-corrected chi connectivity index (χ4v) is 2.22. The van der Waals surface area contributed by atoms with Crippen LogP contribution in [-0.4, -0.2) is 34.0 Å². The highest BCUT2D eigenvalue weighted by Crippen LogP contribution is 2.23. The molecule has 2 aromatic rings. The monoisotopic (exact) mass is 323 g/mol. The summed E-state index contributed by atoms with van der Waals surface area (Å²) in [7, 11) is 0. The van der Waals surface area contributed by atoms with Gasteiger partial charge in [-0.2, -0.15) is 0 Å². The maximum Gasteiger partial charge on any atom is 0.414 e. The van der Waals surface area contributed by atoms with E-state index in [0.717, 1.165) is 5.56 Å². The Morgan fingerprint density at radius 2 is 2.22 bits per heavy atom. The topological polar surface area (TPSA) is 88.7 Å². The van der Waals surface area contributed by atoms with Gasteiger partial charge in [0.15, 0.2) is 0 Å². The molecule has 0 fully saturated rings. The average molecular weight is 323 g/mol. The van der Waals surface area contributed by atoms with Crippen molar-refractivity contribution in [2.24, 2.45) is 0 Å². The van der Waals surface area contributed by atoms with Crippen molar-refractivity contribution in [1.29, 1.82) is 0 Å². The number of imidazole rings is 1. The summed E-state index contributed by atoms with van der Waals surface area (Å²) in [5, 5.41) is 10.7. The van der Waals surface area contributed by atoms with E-state index in [4.69, 9.17) is 14.2 Å². The van der Waals surface area contributed by atoms with E-state index in [1.807, 2.05) is 0 Å². The first-order valence-electron chi connectivity index (χ1n) is 6.89. The van der Waals surface area contributed by atoms with Crippen molar-refractivity contribution >= 4 is 5.82 Å². The molecule has 0 aliphatic carbocycles. The zero-order chi connectivity index (χ0) is 16.2. The molecule has 0 radical (unpaired) electrons. The third-order valence-electron chi connectivity index (χ3n) is 3.34. The number of fused-ring (bicyclic) bond motifs is 1. The van der Waals surface area contributed by atoms with Crippen LogP contribution < -0.4 is 9.47 Å². The van der Waals surface area contributed by atoms with Gasteiger partial charge in [-0.3, -0.25) is 4.57 Å². The number of hydrogen-bond acceptors (Lipinski definition) is 6. The van der Waals surface area contributed by atoms with E-state index in [2.05, 4.69) is 4.98 Å². The Morgan fingerprint density at radius 1 is 1.43 bits per heavy atom. The van der Waals surface area contributed by atoms with Gasteiger partial charge < -0.3 is 24.3 Å². The van der Waals surface area contributed by atoms with Crippen LogP contribution in [0.1, 0.15) is 5.56 Å². The Labute approximate surface area is 130 Å². The molecular formula is C14H14FN3O5. The van der Waals surface area contributed by atoms with Gasteiger partial charge in [0.2, 0.25) is 6.86 Å². The van der Waals surface area contributed by atoms with Gasteiger partial charge >= 0.3 is 11.8 Å². The molecule has 3 rings (SSSR count). The van der Waals surface area contributed by atoms with Gasteiger partial charge in [-0.25, -0.2) is 4.39 Å². The van der Waals surface area contributed by atoms with Crippen LogP contribution in [0.3, 0.4) is 0 Å². The highest BCUT2D eigenvalue weighted by Gasteiger charge is 2.28. The number of aromatic nitrogens is 2. The zero-order valence-corrected chi connectivity index (χ0v) is 12.1. The Kier molecular flexibility index (Phi) is 4.38. The van der Waals surface area contributed by atoms with Crippen molar-refractivity contribution in [3.63, 3.8) is 0 Å². The predicted octanol–water partition coefficient (Wildman–Crippen LogP) is 2.07. The lowest BCUT2D eigenvalue weighted by Crippen LogP contribution is -2.32. The van der Waals surface area contributed by atoms with Crippen LogP contribution in [-0.2, 0) is 17.9 Å². The highest BCUT2D eigenvalue weighted by molar-refractivity contribution is 5.26. The van der Waals surface area contributed by atoms with Crippen LogP contribution in [0.15, 0.2) is 30.5 Å². The second-order valence-corrected chi connectivity index (χ2v) is 4.93. The maximum absolute atomic E-state index is 12.0. The SMILES string of the molecule is O=[N+]([O-])c1cn2c(n1)OC[C@@H](OCc1ccc(OCF)cc1)C2. The molecule has 0 spiro atoms.